The third kappa shape index (κ3) is 4.64. The number of ether oxygens (including phenoxy) is 1. The second-order valence-corrected chi connectivity index (χ2v) is 3.71. The fourth-order valence-electron chi connectivity index (χ4n) is 1.42. The van der Waals surface area contributed by atoms with E-state index in [0.717, 1.165) is 37.3 Å². The Kier molecular flexibility index (Phi) is 6.61. The topological polar surface area (TPSA) is 41.5 Å². The van der Waals surface area contributed by atoms with E-state index in [2.05, 4.69) is 12.2 Å². The van der Waals surface area contributed by atoms with Crippen LogP contribution in [0.3, 0.4) is 0 Å². The summed E-state index contributed by atoms with van der Waals surface area (Å²) < 4.78 is 5.71. The number of nitrogens with one attached hydrogen (secondary N) is 1. The summed E-state index contributed by atoms with van der Waals surface area (Å²) in [4.78, 5) is 0. The molecule has 0 bridgehead atoms. The highest BCUT2D eigenvalue weighted by atomic mass is 16.5. The summed E-state index contributed by atoms with van der Waals surface area (Å²) in [6, 6.07) is 8.02. The van der Waals surface area contributed by atoms with Crippen molar-refractivity contribution in [3.63, 3.8) is 0 Å². The highest BCUT2D eigenvalue weighted by Crippen LogP contribution is 2.17. The molecule has 90 valence electrons. The molecule has 0 saturated heterocycles. The van der Waals surface area contributed by atoms with Crippen molar-refractivity contribution in [1.82, 2.24) is 5.32 Å². The maximum absolute atomic E-state index is 8.69. The van der Waals surface area contributed by atoms with Crippen molar-refractivity contribution < 1.29 is 9.84 Å². The Labute approximate surface area is 97.4 Å². The summed E-state index contributed by atoms with van der Waals surface area (Å²) in [6.45, 7) is 4.44. The SMILES string of the molecule is CCCCOc1ccccc1CNCCO. The molecule has 16 heavy (non-hydrogen) atoms. The number of hydrogen-bond donors (Lipinski definition) is 2. The smallest absolute Gasteiger partial charge is 0.123 e. The van der Waals surface area contributed by atoms with E-state index in [0.29, 0.717) is 6.54 Å². The number of aliphatic hydroxyl groups excluding tert-OH is 1. The fourth-order valence-corrected chi connectivity index (χ4v) is 1.42. The number of aliphatic hydroxyl groups is 1. The number of rotatable bonds is 8. The van der Waals surface area contributed by atoms with Crippen LogP contribution in [0.5, 0.6) is 5.75 Å². The van der Waals surface area contributed by atoms with Crippen LogP contribution >= 0.6 is 0 Å². The van der Waals surface area contributed by atoms with Gasteiger partial charge >= 0.3 is 0 Å². The van der Waals surface area contributed by atoms with Crippen LogP contribution in [0.15, 0.2) is 24.3 Å². The fraction of sp³-hybridized carbons (Fsp3) is 0.538. The number of unbranched alkanes of at least 4 members (excludes halogenated alkanes) is 1. The molecule has 0 atom stereocenters. The molecule has 0 spiro atoms. The van der Waals surface area contributed by atoms with Crippen molar-refractivity contribution in [2.75, 3.05) is 19.8 Å². The van der Waals surface area contributed by atoms with Gasteiger partial charge in [0.05, 0.1) is 13.2 Å². The summed E-state index contributed by atoms with van der Waals surface area (Å²) in [5, 5.41) is 11.8. The van der Waals surface area contributed by atoms with Crippen LogP contribution in [-0.2, 0) is 6.54 Å². The number of benzene rings is 1. The van der Waals surface area contributed by atoms with Crippen LogP contribution in [0.2, 0.25) is 0 Å². The van der Waals surface area contributed by atoms with Crippen molar-refractivity contribution >= 4 is 0 Å². The van der Waals surface area contributed by atoms with Gasteiger partial charge in [-0.05, 0) is 12.5 Å². The third-order valence-corrected chi connectivity index (χ3v) is 2.33. The van der Waals surface area contributed by atoms with Crippen LogP contribution in [0, 0.1) is 0 Å². The van der Waals surface area contributed by atoms with Gasteiger partial charge in [-0.2, -0.15) is 0 Å². The first-order chi connectivity index (χ1) is 7.88. The van der Waals surface area contributed by atoms with Gasteiger partial charge in [-0.3, -0.25) is 0 Å². The third-order valence-electron chi connectivity index (χ3n) is 2.33. The Balaban J connectivity index is 2.46. The minimum atomic E-state index is 0.166. The Bertz CT molecular complexity index is 260. The van der Waals surface area contributed by atoms with Crippen molar-refractivity contribution in [2.45, 2.75) is 26.3 Å². The summed E-state index contributed by atoms with van der Waals surface area (Å²) in [7, 11) is 0. The van der Waals surface area contributed by atoms with Crippen LogP contribution < -0.4 is 10.1 Å². The lowest BCUT2D eigenvalue weighted by molar-refractivity contribution is 0.288. The molecule has 0 radical (unpaired) electrons. The monoisotopic (exact) mass is 223 g/mol. The van der Waals surface area contributed by atoms with Crippen molar-refractivity contribution in [2.24, 2.45) is 0 Å². The lowest BCUT2D eigenvalue weighted by Gasteiger charge is -2.11. The van der Waals surface area contributed by atoms with Gasteiger partial charge in [0.1, 0.15) is 5.75 Å². The largest absolute Gasteiger partial charge is 0.493 e. The summed E-state index contributed by atoms with van der Waals surface area (Å²) >= 11 is 0. The van der Waals surface area contributed by atoms with Crippen molar-refractivity contribution in [3.8, 4) is 5.75 Å². The molecule has 3 heteroatoms. The molecule has 2 N–H and O–H groups in total. The van der Waals surface area contributed by atoms with Gasteiger partial charge in [-0.15, -0.1) is 0 Å². The lowest BCUT2D eigenvalue weighted by atomic mass is 10.2. The van der Waals surface area contributed by atoms with Gasteiger partial charge in [0.2, 0.25) is 0 Å². The van der Waals surface area contributed by atoms with Crippen molar-refractivity contribution in [3.05, 3.63) is 29.8 Å². The zero-order valence-corrected chi connectivity index (χ0v) is 9.91. The van der Waals surface area contributed by atoms with Crippen LogP contribution in [0.25, 0.3) is 0 Å². The molecule has 0 fully saturated rings. The van der Waals surface area contributed by atoms with Crippen LogP contribution in [-0.4, -0.2) is 24.9 Å². The Morgan fingerprint density at radius 2 is 2.12 bits per heavy atom. The predicted molar refractivity (Wildman–Crippen MR) is 65.6 cm³/mol. The van der Waals surface area contributed by atoms with Gasteiger partial charge in [-0.1, -0.05) is 31.5 Å². The highest BCUT2D eigenvalue weighted by Gasteiger charge is 2.01. The summed E-state index contributed by atoms with van der Waals surface area (Å²) in [5.74, 6) is 0.946. The van der Waals surface area contributed by atoms with Gasteiger partial charge in [0.25, 0.3) is 0 Å². The Morgan fingerprint density at radius 1 is 1.31 bits per heavy atom. The molecular formula is C13H21NO2. The van der Waals surface area contributed by atoms with E-state index in [4.69, 9.17) is 9.84 Å². The molecule has 0 heterocycles. The van der Waals surface area contributed by atoms with Gasteiger partial charge in [0, 0.05) is 18.7 Å². The van der Waals surface area contributed by atoms with E-state index in [1.807, 2.05) is 24.3 Å². The first-order valence-electron chi connectivity index (χ1n) is 5.90. The molecule has 0 amide bonds. The molecule has 1 aromatic rings. The summed E-state index contributed by atoms with van der Waals surface area (Å²) in [6.07, 6.45) is 2.23. The first kappa shape index (κ1) is 13.0. The standard InChI is InChI=1S/C13H21NO2/c1-2-3-10-16-13-7-5-4-6-12(13)11-14-8-9-15/h4-7,14-15H,2-3,8-11H2,1H3. The Hall–Kier alpha value is -1.06. The van der Waals surface area contributed by atoms with Gasteiger partial charge in [-0.25, -0.2) is 0 Å². The molecule has 3 nitrogen and oxygen atoms in total. The second kappa shape index (κ2) is 8.13. The first-order valence-corrected chi connectivity index (χ1v) is 5.90. The van der Waals surface area contributed by atoms with Gasteiger partial charge in [0.15, 0.2) is 0 Å². The number of para-hydroxylation sites is 1. The van der Waals surface area contributed by atoms with Gasteiger partial charge < -0.3 is 15.2 Å². The lowest BCUT2D eigenvalue weighted by Crippen LogP contribution is -2.18. The zero-order chi connectivity index (χ0) is 11.6. The molecule has 1 rings (SSSR count). The molecular weight excluding hydrogens is 202 g/mol. The molecule has 0 saturated carbocycles. The van der Waals surface area contributed by atoms with Crippen LogP contribution in [0.1, 0.15) is 25.3 Å². The highest BCUT2D eigenvalue weighted by molar-refractivity contribution is 5.33. The maximum Gasteiger partial charge on any atom is 0.123 e. The zero-order valence-electron chi connectivity index (χ0n) is 9.91. The molecule has 0 aromatic heterocycles. The maximum atomic E-state index is 8.69. The van der Waals surface area contributed by atoms with E-state index in [-0.39, 0.29) is 6.61 Å². The van der Waals surface area contributed by atoms with E-state index in [1.165, 1.54) is 0 Å². The van der Waals surface area contributed by atoms with E-state index in [1.54, 1.807) is 0 Å². The second-order valence-electron chi connectivity index (χ2n) is 3.71. The van der Waals surface area contributed by atoms with E-state index >= 15 is 0 Å². The molecule has 1 aromatic carbocycles. The normalized spacial score (nSPS) is 10.4. The molecule has 0 unspecified atom stereocenters. The summed E-state index contributed by atoms with van der Waals surface area (Å²) in [5.41, 5.74) is 1.15. The molecule has 0 aliphatic heterocycles. The van der Waals surface area contributed by atoms with E-state index in [9.17, 15) is 0 Å². The number of hydrogen-bond acceptors (Lipinski definition) is 3. The quantitative estimate of drug-likeness (QED) is 0.662. The Morgan fingerprint density at radius 3 is 2.88 bits per heavy atom. The van der Waals surface area contributed by atoms with Crippen LogP contribution in [0.4, 0.5) is 0 Å². The molecule has 0 aliphatic rings. The average molecular weight is 223 g/mol. The predicted octanol–water partition coefficient (Wildman–Crippen LogP) is 1.95. The van der Waals surface area contributed by atoms with E-state index < -0.39 is 0 Å². The minimum absolute atomic E-state index is 0.166. The minimum Gasteiger partial charge on any atom is -0.493 e. The molecule has 0 aliphatic carbocycles. The average Bonchev–Trinajstić information content (AvgIpc) is 2.32. The van der Waals surface area contributed by atoms with Crippen molar-refractivity contribution in [1.29, 1.82) is 0 Å².